The average Bonchev–Trinajstić information content (AvgIpc) is 3.42. The minimum Gasteiger partial charge on any atom is -0.352 e. The third-order valence-electron chi connectivity index (χ3n) is 5.53. The molecule has 0 aliphatic heterocycles. The number of aromatic amines is 2. The molecule has 0 amide bonds. The van der Waals surface area contributed by atoms with Crippen molar-refractivity contribution in [3.05, 3.63) is 84.7 Å². The van der Waals surface area contributed by atoms with Crippen LogP contribution in [0.25, 0.3) is 55.7 Å². The fourth-order valence-electron chi connectivity index (χ4n) is 4.08. The molecule has 5 heterocycles. The third kappa shape index (κ3) is 3.02. The maximum atomic E-state index is 14.0. The number of hydrogen-bond acceptors (Lipinski definition) is 4. The van der Waals surface area contributed by atoms with E-state index in [0.717, 1.165) is 61.3 Å². The summed E-state index contributed by atoms with van der Waals surface area (Å²) in [5.74, 6) is -0.263. The van der Waals surface area contributed by atoms with Crippen molar-refractivity contribution in [3.63, 3.8) is 0 Å². The molecule has 0 saturated carbocycles. The number of nitrogens with zero attached hydrogens (tertiary/aromatic N) is 4. The Hall–Kier alpha value is -4.39. The zero-order valence-electron chi connectivity index (χ0n) is 17.1. The molecule has 0 atom stereocenters. The molecule has 0 spiro atoms. The summed E-state index contributed by atoms with van der Waals surface area (Å²) in [6, 6.07) is 14.8. The Morgan fingerprint density at radius 1 is 0.844 bits per heavy atom. The summed E-state index contributed by atoms with van der Waals surface area (Å²) < 4.78 is 14.0. The number of benzene rings is 1. The molecule has 154 valence electrons. The minimum absolute atomic E-state index is 0.263. The molecular formula is C25H17FN6. The smallest absolute Gasteiger partial charge is 0.124 e. The number of pyridine rings is 3. The average molecular weight is 420 g/mol. The van der Waals surface area contributed by atoms with Crippen LogP contribution < -0.4 is 0 Å². The maximum absolute atomic E-state index is 14.0. The summed E-state index contributed by atoms with van der Waals surface area (Å²) in [5, 5.41) is 9.47. The molecule has 0 aliphatic rings. The van der Waals surface area contributed by atoms with Gasteiger partial charge in [-0.3, -0.25) is 20.1 Å². The second kappa shape index (κ2) is 7.09. The van der Waals surface area contributed by atoms with Gasteiger partial charge < -0.3 is 4.98 Å². The fourth-order valence-corrected chi connectivity index (χ4v) is 4.08. The van der Waals surface area contributed by atoms with Crippen LogP contribution in [0.5, 0.6) is 0 Å². The first-order valence-corrected chi connectivity index (χ1v) is 10.2. The predicted octanol–water partition coefficient (Wildman–Crippen LogP) is 5.68. The van der Waals surface area contributed by atoms with Gasteiger partial charge in [0.15, 0.2) is 0 Å². The van der Waals surface area contributed by atoms with Crippen molar-refractivity contribution >= 4 is 21.8 Å². The summed E-state index contributed by atoms with van der Waals surface area (Å²) in [6.45, 7) is 1.88. The largest absolute Gasteiger partial charge is 0.352 e. The van der Waals surface area contributed by atoms with Crippen LogP contribution in [0.2, 0.25) is 0 Å². The van der Waals surface area contributed by atoms with Gasteiger partial charge in [0.25, 0.3) is 0 Å². The van der Waals surface area contributed by atoms with Gasteiger partial charge in [0, 0.05) is 28.7 Å². The van der Waals surface area contributed by atoms with E-state index in [0.29, 0.717) is 0 Å². The highest BCUT2D eigenvalue weighted by atomic mass is 19.1. The van der Waals surface area contributed by atoms with Gasteiger partial charge in [-0.15, -0.1) is 0 Å². The Kier molecular flexibility index (Phi) is 4.07. The normalized spacial score (nSPS) is 11.4. The first-order valence-electron chi connectivity index (χ1n) is 10.2. The molecule has 2 N–H and O–H groups in total. The van der Waals surface area contributed by atoms with Crippen molar-refractivity contribution in [2.24, 2.45) is 0 Å². The molecule has 32 heavy (non-hydrogen) atoms. The molecule has 6 aromatic rings. The first-order chi connectivity index (χ1) is 15.7. The molecule has 0 saturated heterocycles. The summed E-state index contributed by atoms with van der Waals surface area (Å²) in [4.78, 5) is 16.7. The second-order valence-corrected chi connectivity index (χ2v) is 7.75. The van der Waals surface area contributed by atoms with Crippen LogP contribution in [0.3, 0.4) is 0 Å². The van der Waals surface area contributed by atoms with Gasteiger partial charge in [-0.1, -0.05) is 12.1 Å². The topological polar surface area (TPSA) is 83.1 Å². The number of H-pyrrole nitrogens is 2. The zero-order chi connectivity index (χ0) is 21.7. The SMILES string of the molecule is Cc1cc(F)cc(-c2cncc3[nH]c(-c4n[nH]c5cnc(-c6ccccn6)cc45)cc23)c1. The van der Waals surface area contributed by atoms with E-state index in [9.17, 15) is 4.39 Å². The highest BCUT2D eigenvalue weighted by Crippen LogP contribution is 2.34. The van der Waals surface area contributed by atoms with Crippen molar-refractivity contribution in [1.29, 1.82) is 0 Å². The lowest BCUT2D eigenvalue weighted by atomic mass is 10.0. The molecule has 0 radical (unpaired) electrons. The van der Waals surface area contributed by atoms with E-state index in [4.69, 9.17) is 0 Å². The van der Waals surface area contributed by atoms with Gasteiger partial charge in [-0.2, -0.15) is 5.10 Å². The van der Waals surface area contributed by atoms with Crippen LogP contribution in [0, 0.1) is 12.7 Å². The van der Waals surface area contributed by atoms with E-state index in [2.05, 4.69) is 30.1 Å². The number of aromatic nitrogens is 6. The van der Waals surface area contributed by atoms with E-state index >= 15 is 0 Å². The lowest BCUT2D eigenvalue weighted by Crippen LogP contribution is -1.86. The van der Waals surface area contributed by atoms with Crippen LogP contribution in [0.1, 0.15) is 5.56 Å². The fraction of sp³-hybridized carbons (Fsp3) is 0.0400. The predicted molar refractivity (Wildman–Crippen MR) is 122 cm³/mol. The van der Waals surface area contributed by atoms with E-state index < -0.39 is 0 Å². The van der Waals surface area contributed by atoms with Gasteiger partial charge in [0.1, 0.15) is 11.5 Å². The standard InChI is InChI=1S/C25H17FN6/c1-14-6-15(8-16(26)7-14)19-11-27-12-23-17(19)9-22(30-23)25-18-10-21(20-4-2-3-5-28-20)29-13-24(18)31-32-25/h2-13,30H,1H3,(H,31,32). The number of hydrogen-bond donors (Lipinski definition) is 2. The number of rotatable bonds is 3. The highest BCUT2D eigenvalue weighted by Gasteiger charge is 2.15. The summed E-state index contributed by atoms with van der Waals surface area (Å²) >= 11 is 0. The summed E-state index contributed by atoms with van der Waals surface area (Å²) in [7, 11) is 0. The van der Waals surface area contributed by atoms with E-state index in [1.807, 2.05) is 43.3 Å². The molecule has 1 aromatic carbocycles. The molecular weight excluding hydrogens is 403 g/mol. The van der Waals surface area contributed by atoms with Crippen LogP contribution in [0.15, 0.2) is 73.3 Å². The van der Waals surface area contributed by atoms with Gasteiger partial charge in [-0.25, -0.2) is 4.39 Å². The number of nitrogens with one attached hydrogen (secondary N) is 2. The van der Waals surface area contributed by atoms with E-state index in [-0.39, 0.29) is 5.82 Å². The Morgan fingerprint density at radius 3 is 2.62 bits per heavy atom. The number of halogens is 1. The second-order valence-electron chi connectivity index (χ2n) is 7.75. The molecule has 7 heteroatoms. The van der Waals surface area contributed by atoms with Crippen molar-refractivity contribution in [2.75, 3.05) is 0 Å². The summed E-state index contributed by atoms with van der Waals surface area (Å²) in [6.07, 6.45) is 7.04. The van der Waals surface area contributed by atoms with E-state index in [1.54, 1.807) is 24.8 Å². The highest BCUT2D eigenvalue weighted by molar-refractivity contribution is 6.01. The van der Waals surface area contributed by atoms with Crippen LogP contribution in [-0.2, 0) is 0 Å². The molecule has 0 unspecified atom stereocenters. The molecule has 0 bridgehead atoms. The molecule has 0 fully saturated rings. The molecule has 6 nitrogen and oxygen atoms in total. The van der Waals surface area contributed by atoms with Crippen LogP contribution in [-0.4, -0.2) is 30.1 Å². The van der Waals surface area contributed by atoms with E-state index in [1.165, 1.54) is 12.1 Å². The van der Waals surface area contributed by atoms with Crippen molar-refractivity contribution in [3.8, 4) is 33.9 Å². The van der Waals surface area contributed by atoms with Crippen LogP contribution in [0.4, 0.5) is 4.39 Å². The quantitative estimate of drug-likeness (QED) is 0.386. The maximum Gasteiger partial charge on any atom is 0.124 e. The van der Waals surface area contributed by atoms with Gasteiger partial charge in [0.05, 0.1) is 40.5 Å². The summed E-state index contributed by atoms with van der Waals surface area (Å²) in [5.41, 5.74) is 7.39. The third-order valence-corrected chi connectivity index (χ3v) is 5.53. The van der Waals surface area contributed by atoms with Crippen molar-refractivity contribution in [1.82, 2.24) is 30.1 Å². The first kappa shape index (κ1) is 18.4. The van der Waals surface area contributed by atoms with Gasteiger partial charge in [0.2, 0.25) is 0 Å². The monoisotopic (exact) mass is 420 g/mol. The number of fused-ring (bicyclic) bond motifs is 2. The Balaban J connectivity index is 1.52. The zero-order valence-corrected chi connectivity index (χ0v) is 17.1. The molecule has 0 aliphatic carbocycles. The van der Waals surface area contributed by atoms with Crippen molar-refractivity contribution < 1.29 is 4.39 Å². The molecule has 6 rings (SSSR count). The Morgan fingerprint density at radius 2 is 1.78 bits per heavy atom. The Labute approximate surface area is 182 Å². The van der Waals surface area contributed by atoms with Gasteiger partial charge >= 0.3 is 0 Å². The molecule has 5 aromatic heterocycles. The van der Waals surface area contributed by atoms with Crippen LogP contribution >= 0.6 is 0 Å². The lowest BCUT2D eigenvalue weighted by Gasteiger charge is -2.05. The number of aryl methyl sites for hydroxylation is 1. The minimum atomic E-state index is -0.263. The Bertz CT molecular complexity index is 1580. The lowest BCUT2D eigenvalue weighted by molar-refractivity contribution is 0.627. The van der Waals surface area contributed by atoms with Crippen molar-refractivity contribution in [2.45, 2.75) is 6.92 Å². The van der Waals surface area contributed by atoms with Gasteiger partial charge in [-0.05, 0) is 54.4 Å².